The number of amides is 2. The largest absolute Gasteiger partial charge is 0.377 e. The van der Waals surface area contributed by atoms with Crippen molar-refractivity contribution in [3.63, 3.8) is 0 Å². The summed E-state index contributed by atoms with van der Waals surface area (Å²) in [7, 11) is -4.08. The minimum Gasteiger partial charge on any atom is -0.377 e. The van der Waals surface area contributed by atoms with Gasteiger partial charge >= 0.3 is 0 Å². The number of nitrogens with zero attached hydrogens (tertiary/aromatic N) is 2. The molecular formula is C19H18FN3O5S. The Morgan fingerprint density at radius 2 is 2.07 bits per heavy atom. The summed E-state index contributed by atoms with van der Waals surface area (Å²) in [4.78, 5) is 29.6. The number of rotatable bonds is 6. The molecule has 4 rings (SSSR count). The highest BCUT2D eigenvalue weighted by Gasteiger charge is 2.37. The van der Waals surface area contributed by atoms with Gasteiger partial charge in [-0.2, -0.15) is 0 Å². The van der Waals surface area contributed by atoms with Crippen molar-refractivity contribution in [2.75, 3.05) is 13.2 Å². The van der Waals surface area contributed by atoms with Crippen LogP contribution < -0.4 is 4.72 Å². The standard InChI is InChI=1S/C19H18FN3O5S/c20-13-6-5-12(11-23-18(24)15-4-1-7-21-17(15)19(23)25)16(9-13)29(26,27)22-10-14-3-2-8-28-14/h1,4-7,9,14,22H,2-3,8,10-11H2. The van der Waals surface area contributed by atoms with Crippen molar-refractivity contribution in [2.45, 2.75) is 30.4 Å². The van der Waals surface area contributed by atoms with Crippen molar-refractivity contribution in [3.8, 4) is 0 Å². The number of aromatic nitrogens is 1. The highest BCUT2D eigenvalue weighted by Crippen LogP contribution is 2.26. The van der Waals surface area contributed by atoms with Crippen molar-refractivity contribution in [2.24, 2.45) is 0 Å². The maximum Gasteiger partial charge on any atom is 0.280 e. The monoisotopic (exact) mass is 419 g/mol. The SMILES string of the molecule is O=C1c2cccnc2C(=O)N1Cc1ccc(F)cc1S(=O)(=O)NCC1CCCO1. The molecule has 0 bridgehead atoms. The molecule has 0 radical (unpaired) electrons. The summed E-state index contributed by atoms with van der Waals surface area (Å²) in [5.74, 6) is -1.93. The first kappa shape index (κ1) is 19.6. The van der Waals surface area contributed by atoms with E-state index in [-0.39, 0.29) is 40.9 Å². The molecule has 8 nitrogen and oxygen atoms in total. The molecule has 0 aliphatic carbocycles. The number of imide groups is 1. The van der Waals surface area contributed by atoms with E-state index in [2.05, 4.69) is 9.71 Å². The molecule has 2 aliphatic rings. The predicted molar refractivity (Wildman–Crippen MR) is 99.0 cm³/mol. The van der Waals surface area contributed by atoms with Gasteiger partial charge in [-0.15, -0.1) is 0 Å². The lowest BCUT2D eigenvalue weighted by atomic mass is 10.2. The Hall–Kier alpha value is -2.69. The van der Waals surface area contributed by atoms with Crippen LogP contribution >= 0.6 is 0 Å². The van der Waals surface area contributed by atoms with E-state index in [1.807, 2.05) is 0 Å². The third-order valence-electron chi connectivity index (χ3n) is 4.90. The molecule has 152 valence electrons. The number of ether oxygens (including phenoxy) is 1. The van der Waals surface area contributed by atoms with Crippen LogP contribution in [0, 0.1) is 5.82 Å². The lowest BCUT2D eigenvalue weighted by Crippen LogP contribution is -2.34. The van der Waals surface area contributed by atoms with E-state index in [1.54, 1.807) is 0 Å². The first-order chi connectivity index (χ1) is 13.9. The Labute approximate surface area is 166 Å². The fourth-order valence-corrected chi connectivity index (χ4v) is 4.73. The number of hydrogen-bond donors (Lipinski definition) is 1. The summed E-state index contributed by atoms with van der Waals surface area (Å²) in [6, 6.07) is 6.24. The van der Waals surface area contributed by atoms with Gasteiger partial charge in [0.1, 0.15) is 11.5 Å². The first-order valence-electron chi connectivity index (χ1n) is 9.08. The molecule has 1 aromatic heterocycles. The van der Waals surface area contributed by atoms with E-state index < -0.39 is 27.7 Å². The number of halogens is 1. The minimum atomic E-state index is -4.08. The molecule has 1 N–H and O–H groups in total. The molecule has 1 atom stereocenters. The molecule has 1 aromatic carbocycles. The van der Waals surface area contributed by atoms with Crippen molar-refractivity contribution in [1.29, 1.82) is 0 Å². The fourth-order valence-electron chi connectivity index (χ4n) is 3.42. The molecule has 0 saturated carbocycles. The zero-order valence-electron chi connectivity index (χ0n) is 15.3. The van der Waals surface area contributed by atoms with E-state index in [0.717, 1.165) is 29.9 Å². The number of hydrogen-bond acceptors (Lipinski definition) is 6. The smallest absolute Gasteiger partial charge is 0.280 e. The van der Waals surface area contributed by atoms with Crippen molar-refractivity contribution >= 4 is 21.8 Å². The van der Waals surface area contributed by atoms with Crippen LogP contribution in [-0.2, 0) is 21.3 Å². The summed E-state index contributed by atoms with van der Waals surface area (Å²) in [5.41, 5.74) is 0.293. The van der Waals surface area contributed by atoms with E-state index in [9.17, 15) is 22.4 Å². The molecule has 1 fully saturated rings. The minimum absolute atomic E-state index is 0.0144. The van der Waals surface area contributed by atoms with E-state index in [4.69, 9.17) is 4.74 Å². The summed E-state index contributed by atoms with van der Waals surface area (Å²) < 4.78 is 47.2. The average Bonchev–Trinajstić information content (AvgIpc) is 3.31. The Kier molecular flexibility index (Phi) is 5.15. The summed E-state index contributed by atoms with van der Waals surface area (Å²) in [6.07, 6.45) is 2.76. The van der Waals surface area contributed by atoms with E-state index >= 15 is 0 Å². The second kappa shape index (κ2) is 7.62. The quantitative estimate of drug-likeness (QED) is 0.711. The topological polar surface area (TPSA) is 106 Å². The number of nitrogens with one attached hydrogen (secondary N) is 1. The lowest BCUT2D eigenvalue weighted by molar-refractivity contribution is 0.0639. The predicted octanol–water partition coefficient (Wildman–Crippen LogP) is 1.47. The molecule has 29 heavy (non-hydrogen) atoms. The number of carbonyl (C=O) groups excluding carboxylic acids is 2. The van der Waals surface area contributed by atoms with Crippen molar-refractivity contribution < 1.29 is 27.1 Å². The van der Waals surface area contributed by atoms with Gasteiger partial charge in [0, 0.05) is 19.3 Å². The van der Waals surface area contributed by atoms with Crippen LogP contribution in [0.25, 0.3) is 0 Å². The maximum atomic E-state index is 13.8. The number of sulfonamides is 1. The molecule has 1 saturated heterocycles. The Morgan fingerprint density at radius 3 is 2.79 bits per heavy atom. The zero-order valence-corrected chi connectivity index (χ0v) is 16.1. The average molecular weight is 419 g/mol. The number of benzene rings is 1. The molecule has 2 aliphatic heterocycles. The highest BCUT2D eigenvalue weighted by atomic mass is 32.2. The number of carbonyl (C=O) groups is 2. The molecule has 10 heteroatoms. The van der Waals surface area contributed by atoms with Crippen LogP contribution in [0.5, 0.6) is 0 Å². The molecule has 2 amide bonds. The van der Waals surface area contributed by atoms with Gasteiger partial charge < -0.3 is 4.74 Å². The van der Waals surface area contributed by atoms with E-state index in [0.29, 0.717) is 6.61 Å². The molecule has 1 unspecified atom stereocenters. The summed E-state index contributed by atoms with van der Waals surface area (Å²) >= 11 is 0. The van der Waals surface area contributed by atoms with Crippen LogP contribution in [0.1, 0.15) is 39.3 Å². The second-order valence-electron chi connectivity index (χ2n) is 6.83. The molecule has 2 aromatic rings. The van der Waals surface area contributed by atoms with Crippen LogP contribution in [0.4, 0.5) is 4.39 Å². The van der Waals surface area contributed by atoms with Gasteiger partial charge in [0.05, 0.1) is 23.1 Å². The van der Waals surface area contributed by atoms with Crippen LogP contribution in [-0.4, -0.2) is 49.4 Å². The van der Waals surface area contributed by atoms with Gasteiger partial charge in [0.2, 0.25) is 10.0 Å². The van der Waals surface area contributed by atoms with Gasteiger partial charge in [0.15, 0.2) is 0 Å². The lowest BCUT2D eigenvalue weighted by Gasteiger charge is -2.18. The first-order valence-corrected chi connectivity index (χ1v) is 10.6. The summed E-state index contributed by atoms with van der Waals surface area (Å²) in [5, 5.41) is 0. The number of fused-ring (bicyclic) bond motifs is 1. The second-order valence-corrected chi connectivity index (χ2v) is 8.57. The third-order valence-corrected chi connectivity index (χ3v) is 6.41. The highest BCUT2D eigenvalue weighted by molar-refractivity contribution is 7.89. The van der Waals surface area contributed by atoms with Gasteiger partial charge in [-0.05, 0) is 42.7 Å². The van der Waals surface area contributed by atoms with Crippen molar-refractivity contribution in [3.05, 3.63) is 59.2 Å². The van der Waals surface area contributed by atoms with E-state index in [1.165, 1.54) is 24.4 Å². The maximum absolute atomic E-state index is 13.8. The van der Waals surface area contributed by atoms with Crippen LogP contribution in [0.2, 0.25) is 0 Å². The number of pyridine rings is 1. The molecular weight excluding hydrogens is 401 g/mol. The van der Waals surface area contributed by atoms with Crippen molar-refractivity contribution in [1.82, 2.24) is 14.6 Å². The van der Waals surface area contributed by atoms with Gasteiger partial charge in [-0.25, -0.2) is 17.5 Å². The molecule has 0 spiro atoms. The van der Waals surface area contributed by atoms with Crippen LogP contribution in [0.3, 0.4) is 0 Å². The van der Waals surface area contributed by atoms with Gasteiger partial charge in [0.25, 0.3) is 11.8 Å². The van der Waals surface area contributed by atoms with Gasteiger partial charge in [-0.3, -0.25) is 19.5 Å². The Morgan fingerprint density at radius 1 is 1.24 bits per heavy atom. The zero-order chi connectivity index (χ0) is 20.6. The third kappa shape index (κ3) is 3.78. The Balaban J connectivity index is 1.60. The fraction of sp³-hybridized carbons (Fsp3) is 0.316. The molecule has 3 heterocycles. The normalized spacial score (nSPS) is 19.1. The summed E-state index contributed by atoms with van der Waals surface area (Å²) in [6.45, 7) is 0.324. The van der Waals surface area contributed by atoms with Gasteiger partial charge in [-0.1, -0.05) is 6.07 Å². The van der Waals surface area contributed by atoms with Crippen LogP contribution in [0.15, 0.2) is 41.4 Å². The Bertz CT molecular complexity index is 1050.